The standard InChI is InChI=1S/C9H18N4O2/c1-3-4-13-9(10-8-11-13)7-12-15-6-5-14-2/h8,12H,3-7H2,1-2H3. The number of aryl methyl sites for hydroxylation is 1. The van der Waals surface area contributed by atoms with E-state index in [1.54, 1.807) is 13.4 Å². The lowest BCUT2D eigenvalue weighted by Gasteiger charge is -2.06. The van der Waals surface area contributed by atoms with Crippen molar-refractivity contribution >= 4 is 0 Å². The Balaban J connectivity index is 2.21. The first kappa shape index (κ1) is 12.1. The molecule has 1 heterocycles. The van der Waals surface area contributed by atoms with Gasteiger partial charge >= 0.3 is 0 Å². The highest BCUT2D eigenvalue weighted by molar-refractivity contribution is 4.82. The summed E-state index contributed by atoms with van der Waals surface area (Å²) in [4.78, 5) is 9.26. The summed E-state index contributed by atoms with van der Waals surface area (Å²) in [5.41, 5.74) is 2.82. The third-order valence-corrected chi connectivity index (χ3v) is 1.85. The summed E-state index contributed by atoms with van der Waals surface area (Å²) >= 11 is 0. The van der Waals surface area contributed by atoms with E-state index in [0.717, 1.165) is 18.8 Å². The molecule has 0 aliphatic carbocycles. The van der Waals surface area contributed by atoms with Crippen LogP contribution in [0.25, 0.3) is 0 Å². The van der Waals surface area contributed by atoms with Crippen LogP contribution in [0, 0.1) is 0 Å². The molecule has 1 aromatic rings. The Morgan fingerprint density at radius 2 is 2.33 bits per heavy atom. The second kappa shape index (κ2) is 7.33. The topological polar surface area (TPSA) is 61.2 Å². The van der Waals surface area contributed by atoms with Gasteiger partial charge in [0.25, 0.3) is 0 Å². The van der Waals surface area contributed by atoms with Crippen molar-refractivity contribution in [1.82, 2.24) is 20.2 Å². The van der Waals surface area contributed by atoms with E-state index in [0.29, 0.717) is 19.8 Å². The van der Waals surface area contributed by atoms with Gasteiger partial charge in [-0.3, -0.25) is 4.84 Å². The molecule has 0 atom stereocenters. The van der Waals surface area contributed by atoms with Crippen LogP contribution in [-0.4, -0.2) is 35.1 Å². The van der Waals surface area contributed by atoms with Crippen LogP contribution in [-0.2, 0) is 22.7 Å². The van der Waals surface area contributed by atoms with Gasteiger partial charge < -0.3 is 4.74 Å². The van der Waals surface area contributed by atoms with Crippen LogP contribution in [0.4, 0.5) is 0 Å². The highest BCUT2D eigenvalue weighted by Crippen LogP contribution is 1.95. The lowest BCUT2D eigenvalue weighted by atomic mass is 10.5. The first-order chi connectivity index (χ1) is 7.38. The molecular formula is C9H18N4O2. The number of methoxy groups -OCH3 is 1. The number of nitrogens with one attached hydrogen (secondary N) is 1. The zero-order valence-corrected chi connectivity index (χ0v) is 9.27. The maximum atomic E-state index is 5.12. The molecule has 1 N–H and O–H groups in total. The average molecular weight is 214 g/mol. The van der Waals surface area contributed by atoms with Crippen molar-refractivity contribution in [3.8, 4) is 0 Å². The van der Waals surface area contributed by atoms with E-state index in [-0.39, 0.29) is 0 Å². The van der Waals surface area contributed by atoms with Gasteiger partial charge in [0.15, 0.2) is 0 Å². The van der Waals surface area contributed by atoms with E-state index in [4.69, 9.17) is 9.57 Å². The van der Waals surface area contributed by atoms with E-state index >= 15 is 0 Å². The number of nitrogens with zero attached hydrogens (tertiary/aromatic N) is 3. The molecule has 86 valence electrons. The summed E-state index contributed by atoms with van der Waals surface area (Å²) in [5.74, 6) is 0.884. The average Bonchev–Trinajstić information content (AvgIpc) is 2.66. The highest BCUT2D eigenvalue weighted by atomic mass is 16.7. The Bertz CT molecular complexity index is 264. The summed E-state index contributed by atoms with van der Waals surface area (Å²) in [6.45, 7) is 4.65. The monoisotopic (exact) mass is 214 g/mol. The number of rotatable bonds is 8. The first-order valence-electron chi connectivity index (χ1n) is 5.08. The molecule has 0 radical (unpaired) electrons. The second-order valence-electron chi connectivity index (χ2n) is 3.06. The molecule has 0 fully saturated rings. The van der Waals surface area contributed by atoms with Crippen molar-refractivity contribution in [1.29, 1.82) is 0 Å². The van der Waals surface area contributed by atoms with Gasteiger partial charge in [0.2, 0.25) is 0 Å². The predicted octanol–water partition coefficient (Wildman–Crippen LogP) is 0.356. The number of aromatic nitrogens is 3. The van der Waals surface area contributed by atoms with Crippen LogP contribution < -0.4 is 5.48 Å². The van der Waals surface area contributed by atoms with Gasteiger partial charge in [-0.05, 0) is 6.42 Å². The number of hydrogen-bond donors (Lipinski definition) is 1. The predicted molar refractivity (Wildman–Crippen MR) is 55.0 cm³/mol. The molecule has 0 aromatic carbocycles. The molecule has 6 nitrogen and oxygen atoms in total. The van der Waals surface area contributed by atoms with Crippen LogP contribution >= 0.6 is 0 Å². The van der Waals surface area contributed by atoms with Gasteiger partial charge in [-0.1, -0.05) is 6.92 Å². The Kier molecular flexibility index (Phi) is 5.91. The van der Waals surface area contributed by atoms with Crippen LogP contribution in [0.2, 0.25) is 0 Å². The maximum absolute atomic E-state index is 5.12. The van der Waals surface area contributed by atoms with Crippen LogP contribution in [0.1, 0.15) is 19.2 Å². The molecule has 1 rings (SSSR count). The molecule has 15 heavy (non-hydrogen) atoms. The fourth-order valence-electron chi connectivity index (χ4n) is 1.14. The van der Waals surface area contributed by atoms with Crippen LogP contribution in [0.5, 0.6) is 0 Å². The van der Waals surface area contributed by atoms with E-state index in [9.17, 15) is 0 Å². The Morgan fingerprint density at radius 1 is 1.47 bits per heavy atom. The third kappa shape index (κ3) is 4.37. The quantitative estimate of drug-likeness (QED) is 0.500. The van der Waals surface area contributed by atoms with E-state index in [2.05, 4.69) is 22.5 Å². The summed E-state index contributed by atoms with van der Waals surface area (Å²) in [5, 5.41) is 4.11. The van der Waals surface area contributed by atoms with Crippen molar-refractivity contribution < 1.29 is 9.57 Å². The lowest BCUT2D eigenvalue weighted by molar-refractivity contribution is 0.00194. The molecular weight excluding hydrogens is 196 g/mol. The molecule has 1 aromatic heterocycles. The molecule has 0 saturated carbocycles. The molecule has 0 spiro atoms. The zero-order valence-electron chi connectivity index (χ0n) is 9.27. The Hall–Kier alpha value is -0.980. The molecule has 0 aliphatic rings. The van der Waals surface area contributed by atoms with Gasteiger partial charge in [0.05, 0.1) is 19.8 Å². The summed E-state index contributed by atoms with van der Waals surface area (Å²) < 4.78 is 6.71. The summed E-state index contributed by atoms with van der Waals surface area (Å²) in [6, 6.07) is 0. The Morgan fingerprint density at radius 3 is 3.07 bits per heavy atom. The molecule has 0 bridgehead atoms. The van der Waals surface area contributed by atoms with Crippen LogP contribution in [0.15, 0.2) is 6.33 Å². The lowest BCUT2D eigenvalue weighted by Crippen LogP contribution is -2.20. The van der Waals surface area contributed by atoms with E-state index < -0.39 is 0 Å². The van der Waals surface area contributed by atoms with Crippen LogP contribution in [0.3, 0.4) is 0 Å². The highest BCUT2D eigenvalue weighted by Gasteiger charge is 2.02. The van der Waals surface area contributed by atoms with Crippen molar-refractivity contribution in [2.24, 2.45) is 0 Å². The maximum Gasteiger partial charge on any atom is 0.143 e. The van der Waals surface area contributed by atoms with Gasteiger partial charge in [-0.25, -0.2) is 9.67 Å². The van der Waals surface area contributed by atoms with Gasteiger partial charge in [-0.15, -0.1) is 0 Å². The number of ether oxygens (including phenoxy) is 1. The SMILES string of the molecule is CCCn1ncnc1CNOCCOC. The molecule has 6 heteroatoms. The number of hydroxylamine groups is 1. The largest absolute Gasteiger partial charge is 0.382 e. The fraction of sp³-hybridized carbons (Fsp3) is 0.778. The fourth-order valence-corrected chi connectivity index (χ4v) is 1.14. The molecule has 0 aliphatic heterocycles. The smallest absolute Gasteiger partial charge is 0.143 e. The summed E-state index contributed by atoms with van der Waals surface area (Å²) in [7, 11) is 1.64. The minimum atomic E-state index is 0.526. The van der Waals surface area contributed by atoms with Gasteiger partial charge in [0.1, 0.15) is 12.2 Å². The first-order valence-corrected chi connectivity index (χ1v) is 5.08. The van der Waals surface area contributed by atoms with Crippen molar-refractivity contribution in [3.05, 3.63) is 12.2 Å². The minimum Gasteiger partial charge on any atom is -0.382 e. The molecule has 0 saturated heterocycles. The van der Waals surface area contributed by atoms with E-state index in [1.807, 2.05) is 4.68 Å². The van der Waals surface area contributed by atoms with Crippen molar-refractivity contribution in [2.45, 2.75) is 26.4 Å². The number of hydrogen-bond acceptors (Lipinski definition) is 5. The normalized spacial score (nSPS) is 10.8. The zero-order chi connectivity index (χ0) is 10.9. The summed E-state index contributed by atoms with van der Waals surface area (Å²) in [6.07, 6.45) is 2.60. The molecule has 0 amide bonds. The Labute approximate surface area is 89.5 Å². The van der Waals surface area contributed by atoms with Gasteiger partial charge in [-0.2, -0.15) is 10.6 Å². The van der Waals surface area contributed by atoms with E-state index in [1.165, 1.54) is 0 Å². The van der Waals surface area contributed by atoms with Gasteiger partial charge in [0, 0.05) is 13.7 Å². The second-order valence-corrected chi connectivity index (χ2v) is 3.06. The minimum absolute atomic E-state index is 0.526. The molecule has 0 unspecified atom stereocenters. The third-order valence-electron chi connectivity index (χ3n) is 1.85. The van der Waals surface area contributed by atoms with Crippen molar-refractivity contribution in [3.63, 3.8) is 0 Å². The van der Waals surface area contributed by atoms with Crippen molar-refractivity contribution in [2.75, 3.05) is 20.3 Å².